The zero-order chi connectivity index (χ0) is 11.9. The molecule has 1 spiro atoms. The first-order chi connectivity index (χ1) is 8.28. The van der Waals surface area contributed by atoms with E-state index in [1.54, 1.807) is 7.11 Å². The highest BCUT2D eigenvalue weighted by Gasteiger charge is 2.58. The van der Waals surface area contributed by atoms with E-state index in [0.717, 1.165) is 25.7 Å². The van der Waals surface area contributed by atoms with Crippen LogP contribution in [0.5, 0.6) is 0 Å². The molecule has 1 saturated carbocycles. The van der Waals surface area contributed by atoms with Crippen molar-refractivity contribution in [2.45, 2.75) is 62.5 Å². The van der Waals surface area contributed by atoms with Crippen LogP contribution in [0.15, 0.2) is 0 Å². The van der Waals surface area contributed by atoms with Gasteiger partial charge < -0.3 is 24.1 Å². The number of aliphatic hydroxyl groups is 1. The highest BCUT2D eigenvalue weighted by Crippen LogP contribution is 2.45. The fraction of sp³-hybridized carbons (Fsp3) is 1.00. The second-order valence-corrected chi connectivity index (χ2v) is 5.10. The molecule has 2 aliphatic heterocycles. The van der Waals surface area contributed by atoms with Crippen LogP contribution in [0.3, 0.4) is 0 Å². The summed E-state index contributed by atoms with van der Waals surface area (Å²) in [4.78, 5) is 0. The predicted octanol–water partition coefficient (Wildman–Crippen LogP) is 0.794. The van der Waals surface area contributed by atoms with E-state index < -0.39 is 12.1 Å². The van der Waals surface area contributed by atoms with Crippen LogP contribution < -0.4 is 0 Å². The number of methoxy groups -OCH3 is 1. The molecule has 0 aromatic carbocycles. The van der Waals surface area contributed by atoms with Gasteiger partial charge in [-0.2, -0.15) is 0 Å². The largest absolute Gasteiger partial charge is 0.394 e. The van der Waals surface area contributed by atoms with Gasteiger partial charge in [-0.3, -0.25) is 0 Å². The number of rotatable bonds is 2. The normalized spacial score (nSPS) is 44.1. The van der Waals surface area contributed by atoms with E-state index in [2.05, 4.69) is 0 Å². The molecule has 2 saturated heterocycles. The average molecular weight is 244 g/mol. The molecule has 1 N–H and O–H groups in total. The van der Waals surface area contributed by atoms with Crippen LogP contribution in [0.4, 0.5) is 0 Å². The van der Waals surface area contributed by atoms with Gasteiger partial charge in [0.05, 0.1) is 6.61 Å². The van der Waals surface area contributed by atoms with Crippen molar-refractivity contribution in [2.24, 2.45) is 0 Å². The zero-order valence-electron chi connectivity index (χ0n) is 10.1. The Morgan fingerprint density at radius 3 is 2.53 bits per heavy atom. The van der Waals surface area contributed by atoms with E-state index in [9.17, 15) is 5.11 Å². The Morgan fingerprint density at radius 1 is 1.18 bits per heavy atom. The van der Waals surface area contributed by atoms with E-state index in [1.165, 1.54) is 6.42 Å². The van der Waals surface area contributed by atoms with Crippen molar-refractivity contribution in [3.63, 3.8) is 0 Å². The summed E-state index contributed by atoms with van der Waals surface area (Å²) >= 11 is 0. The molecule has 98 valence electrons. The highest BCUT2D eigenvalue weighted by molar-refractivity contribution is 4.97. The lowest BCUT2D eigenvalue weighted by molar-refractivity contribution is -0.253. The third kappa shape index (κ3) is 1.90. The molecule has 3 fully saturated rings. The topological polar surface area (TPSA) is 57.2 Å². The second kappa shape index (κ2) is 4.48. The molecule has 0 unspecified atom stereocenters. The molecule has 0 aromatic heterocycles. The Labute approximate surface area is 101 Å². The molecule has 1 aliphatic carbocycles. The van der Waals surface area contributed by atoms with Crippen LogP contribution in [0.1, 0.15) is 32.1 Å². The van der Waals surface area contributed by atoms with Crippen LogP contribution in [0.25, 0.3) is 0 Å². The van der Waals surface area contributed by atoms with Crippen LogP contribution in [-0.4, -0.2) is 49.2 Å². The molecule has 0 aromatic rings. The molecule has 5 heteroatoms. The van der Waals surface area contributed by atoms with Crippen molar-refractivity contribution in [3.8, 4) is 0 Å². The molecule has 4 atom stereocenters. The zero-order valence-corrected chi connectivity index (χ0v) is 10.1. The van der Waals surface area contributed by atoms with E-state index in [1.807, 2.05) is 0 Å². The molecular formula is C12H20O5. The van der Waals surface area contributed by atoms with Gasteiger partial charge in [-0.25, -0.2) is 0 Å². The highest BCUT2D eigenvalue weighted by atomic mass is 16.8. The average Bonchev–Trinajstić information content (AvgIpc) is 2.85. The Morgan fingerprint density at radius 2 is 1.88 bits per heavy atom. The van der Waals surface area contributed by atoms with Gasteiger partial charge in [0.2, 0.25) is 0 Å². The van der Waals surface area contributed by atoms with Gasteiger partial charge in [0.25, 0.3) is 0 Å². The van der Waals surface area contributed by atoms with Crippen molar-refractivity contribution >= 4 is 0 Å². The third-order valence-corrected chi connectivity index (χ3v) is 4.00. The van der Waals surface area contributed by atoms with Gasteiger partial charge >= 0.3 is 0 Å². The number of ether oxygens (including phenoxy) is 4. The molecule has 3 aliphatic rings. The van der Waals surface area contributed by atoms with Crippen LogP contribution >= 0.6 is 0 Å². The second-order valence-electron chi connectivity index (χ2n) is 5.10. The minimum absolute atomic E-state index is 0.0551. The molecule has 0 amide bonds. The Bertz CT molecular complexity index is 256. The summed E-state index contributed by atoms with van der Waals surface area (Å²) in [5, 5.41) is 9.30. The number of aliphatic hydroxyl groups excluding tert-OH is 1. The summed E-state index contributed by atoms with van der Waals surface area (Å²) in [6, 6.07) is 0. The molecule has 17 heavy (non-hydrogen) atoms. The molecule has 0 radical (unpaired) electrons. The van der Waals surface area contributed by atoms with Gasteiger partial charge in [-0.05, 0) is 12.8 Å². The van der Waals surface area contributed by atoms with E-state index in [4.69, 9.17) is 18.9 Å². The smallest absolute Gasteiger partial charge is 0.186 e. The van der Waals surface area contributed by atoms with Crippen molar-refractivity contribution in [3.05, 3.63) is 0 Å². The van der Waals surface area contributed by atoms with Gasteiger partial charge in [0.15, 0.2) is 12.1 Å². The SMILES string of the molecule is CO[C@@H]1O[C@H](CO)[C@H]2OC3(CCCCC3)O[C@@H]12. The fourth-order valence-electron chi connectivity index (χ4n) is 3.15. The molecule has 5 nitrogen and oxygen atoms in total. The number of hydrogen-bond acceptors (Lipinski definition) is 5. The lowest BCUT2D eigenvalue weighted by Crippen LogP contribution is -2.37. The van der Waals surface area contributed by atoms with Crippen LogP contribution in [0.2, 0.25) is 0 Å². The Hall–Kier alpha value is -0.200. The Kier molecular flexibility index (Phi) is 3.13. The standard InChI is InChI=1S/C12H20O5/c1-14-11-10-9(8(7-13)15-11)16-12(17-10)5-3-2-4-6-12/h8-11,13H,2-7H2,1H3/t8-,9-,10-,11-/m1/s1. The molecule has 3 rings (SSSR count). The lowest BCUT2D eigenvalue weighted by Gasteiger charge is -2.33. The monoisotopic (exact) mass is 244 g/mol. The lowest BCUT2D eigenvalue weighted by atomic mass is 9.94. The van der Waals surface area contributed by atoms with Gasteiger partial charge in [-0.15, -0.1) is 0 Å². The predicted molar refractivity (Wildman–Crippen MR) is 58.3 cm³/mol. The maximum Gasteiger partial charge on any atom is 0.186 e. The number of fused-ring (bicyclic) bond motifs is 1. The minimum Gasteiger partial charge on any atom is -0.394 e. The summed E-state index contributed by atoms with van der Waals surface area (Å²) in [5.74, 6) is -0.443. The van der Waals surface area contributed by atoms with E-state index in [0.29, 0.717) is 0 Å². The summed E-state index contributed by atoms with van der Waals surface area (Å²) in [6.45, 7) is -0.0551. The maximum absolute atomic E-state index is 9.30. The summed E-state index contributed by atoms with van der Waals surface area (Å²) in [5.41, 5.74) is 0. The van der Waals surface area contributed by atoms with Crippen LogP contribution in [0, 0.1) is 0 Å². The van der Waals surface area contributed by atoms with Gasteiger partial charge in [0.1, 0.15) is 18.3 Å². The van der Waals surface area contributed by atoms with Gasteiger partial charge in [-0.1, -0.05) is 6.42 Å². The van der Waals surface area contributed by atoms with Crippen molar-refractivity contribution in [1.82, 2.24) is 0 Å². The summed E-state index contributed by atoms with van der Waals surface area (Å²) in [6.07, 6.45) is 4.27. The summed E-state index contributed by atoms with van der Waals surface area (Å²) in [7, 11) is 1.59. The van der Waals surface area contributed by atoms with Gasteiger partial charge in [0, 0.05) is 20.0 Å². The van der Waals surface area contributed by atoms with Crippen LogP contribution in [-0.2, 0) is 18.9 Å². The summed E-state index contributed by atoms with van der Waals surface area (Å²) < 4.78 is 22.9. The molecule has 0 bridgehead atoms. The fourth-order valence-corrected chi connectivity index (χ4v) is 3.15. The first kappa shape index (κ1) is 11.9. The minimum atomic E-state index is -0.443. The quantitative estimate of drug-likeness (QED) is 0.778. The van der Waals surface area contributed by atoms with Crippen molar-refractivity contribution < 1.29 is 24.1 Å². The van der Waals surface area contributed by atoms with Crippen molar-refractivity contribution in [1.29, 1.82) is 0 Å². The maximum atomic E-state index is 9.30. The first-order valence-corrected chi connectivity index (χ1v) is 6.43. The van der Waals surface area contributed by atoms with Crippen molar-refractivity contribution in [2.75, 3.05) is 13.7 Å². The van der Waals surface area contributed by atoms with E-state index >= 15 is 0 Å². The number of hydrogen-bond donors (Lipinski definition) is 1. The third-order valence-electron chi connectivity index (χ3n) is 4.00. The molecule has 2 heterocycles. The van der Waals surface area contributed by atoms with E-state index in [-0.39, 0.29) is 24.9 Å². The first-order valence-electron chi connectivity index (χ1n) is 6.43. The molecular weight excluding hydrogens is 224 g/mol. The Balaban J connectivity index is 1.76.